The fourth-order valence-electron chi connectivity index (χ4n) is 2.40. The van der Waals surface area contributed by atoms with Crippen molar-refractivity contribution in [3.05, 3.63) is 29.1 Å². The first-order valence-corrected chi connectivity index (χ1v) is 7.06. The third-order valence-electron chi connectivity index (χ3n) is 3.45. The van der Waals surface area contributed by atoms with E-state index in [1.807, 2.05) is 0 Å². The van der Waals surface area contributed by atoms with Gasteiger partial charge < -0.3 is 14.6 Å². The van der Waals surface area contributed by atoms with Crippen LogP contribution in [0.2, 0.25) is 5.02 Å². The zero-order valence-corrected chi connectivity index (χ0v) is 12.0. The highest BCUT2D eigenvalue weighted by Gasteiger charge is 2.22. The van der Waals surface area contributed by atoms with E-state index in [1.165, 1.54) is 12.8 Å². The van der Waals surface area contributed by atoms with E-state index in [2.05, 4.69) is 15.5 Å². The second-order valence-electron chi connectivity index (χ2n) is 4.80. The molecule has 2 aromatic rings. The predicted molar refractivity (Wildman–Crippen MR) is 75.9 cm³/mol. The maximum absolute atomic E-state index is 6.03. The van der Waals surface area contributed by atoms with Crippen LogP contribution in [0.5, 0.6) is 5.75 Å². The predicted octanol–water partition coefficient (Wildman–Crippen LogP) is 3.21. The Morgan fingerprint density at radius 2 is 2.30 bits per heavy atom. The summed E-state index contributed by atoms with van der Waals surface area (Å²) in [6, 6.07) is 5.50. The van der Waals surface area contributed by atoms with Crippen LogP contribution in [0.3, 0.4) is 0 Å². The Kier molecular flexibility index (Phi) is 3.89. The van der Waals surface area contributed by atoms with Gasteiger partial charge in [0.1, 0.15) is 5.75 Å². The van der Waals surface area contributed by atoms with Crippen LogP contribution in [-0.2, 0) is 0 Å². The van der Waals surface area contributed by atoms with Crippen LogP contribution < -0.4 is 10.1 Å². The number of aromatic nitrogens is 2. The molecule has 0 radical (unpaired) electrons. The van der Waals surface area contributed by atoms with Crippen molar-refractivity contribution in [1.82, 2.24) is 15.5 Å². The normalized spacial score (nSPS) is 19.0. The van der Waals surface area contributed by atoms with Crippen molar-refractivity contribution >= 4 is 11.6 Å². The number of nitrogens with one attached hydrogen (secondary N) is 1. The van der Waals surface area contributed by atoms with Gasteiger partial charge in [0.2, 0.25) is 11.7 Å². The van der Waals surface area contributed by atoms with Crippen molar-refractivity contribution < 1.29 is 9.26 Å². The first-order valence-electron chi connectivity index (χ1n) is 6.69. The number of hydrogen-bond acceptors (Lipinski definition) is 5. The van der Waals surface area contributed by atoms with Gasteiger partial charge in [-0.25, -0.2) is 0 Å². The number of hydrogen-bond donors (Lipinski definition) is 1. The fraction of sp³-hybridized carbons (Fsp3) is 0.429. The van der Waals surface area contributed by atoms with Crippen LogP contribution in [0.4, 0.5) is 0 Å². The van der Waals surface area contributed by atoms with Crippen LogP contribution >= 0.6 is 11.6 Å². The number of piperidine rings is 1. The molecule has 1 aliphatic rings. The molecule has 1 saturated heterocycles. The van der Waals surface area contributed by atoms with Crippen molar-refractivity contribution in [3.8, 4) is 17.1 Å². The Morgan fingerprint density at radius 3 is 3.05 bits per heavy atom. The highest BCUT2D eigenvalue weighted by molar-refractivity contribution is 6.30. The molecular formula is C14H16ClN3O2. The molecule has 6 heteroatoms. The van der Waals surface area contributed by atoms with Crippen LogP contribution in [0, 0.1) is 0 Å². The lowest BCUT2D eigenvalue weighted by molar-refractivity contribution is 0.297. The molecule has 1 aromatic heterocycles. The van der Waals surface area contributed by atoms with E-state index in [0.29, 0.717) is 22.5 Å². The van der Waals surface area contributed by atoms with E-state index in [-0.39, 0.29) is 6.04 Å². The summed E-state index contributed by atoms with van der Waals surface area (Å²) < 4.78 is 10.7. The molecular weight excluding hydrogens is 278 g/mol. The summed E-state index contributed by atoms with van der Waals surface area (Å²) in [6.45, 7) is 0.989. The van der Waals surface area contributed by atoms with Gasteiger partial charge in [-0.05, 0) is 37.6 Å². The summed E-state index contributed by atoms with van der Waals surface area (Å²) in [7, 11) is 1.61. The quantitative estimate of drug-likeness (QED) is 0.941. The third kappa shape index (κ3) is 2.64. The first kappa shape index (κ1) is 13.4. The van der Waals surface area contributed by atoms with Crippen LogP contribution in [-0.4, -0.2) is 23.8 Å². The minimum atomic E-state index is 0.148. The Hall–Kier alpha value is -1.59. The lowest BCUT2D eigenvalue weighted by atomic mass is 10.1. The number of benzene rings is 1. The molecule has 0 saturated carbocycles. The maximum atomic E-state index is 6.03. The van der Waals surface area contributed by atoms with Crippen LogP contribution in [0.25, 0.3) is 11.4 Å². The van der Waals surface area contributed by atoms with Gasteiger partial charge in [-0.2, -0.15) is 4.98 Å². The summed E-state index contributed by atoms with van der Waals surface area (Å²) in [5.41, 5.74) is 0.741. The smallest absolute Gasteiger partial charge is 0.244 e. The number of halogens is 1. The van der Waals surface area contributed by atoms with Gasteiger partial charge >= 0.3 is 0 Å². The topological polar surface area (TPSA) is 60.2 Å². The SMILES string of the molecule is COc1ccc(Cl)cc1-c1noc(C2CCCCN2)n1. The van der Waals surface area contributed by atoms with E-state index in [9.17, 15) is 0 Å². The molecule has 0 amide bonds. The zero-order valence-electron chi connectivity index (χ0n) is 11.2. The molecule has 1 N–H and O–H groups in total. The van der Waals surface area contributed by atoms with Crippen LogP contribution in [0.15, 0.2) is 22.7 Å². The second kappa shape index (κ2) is 5.81. The minimum absolute atomic E-state index is 0.148. The molecule has 5 nitrogen and oxygen atoms in total. The molecule has 0 spiro atoms. The molecule has 0 bridgehead atoms. The van der Waals surface area contributed by atoms with Gasteiger partial charge in [0.25, 0.3) is 0 Å². The molecule has 3 rings (SSSR count). The number of ether oxygens (including phenoxy) is 1. The molecule has 1 aliphatic heterocycles. The maximum Gasteiger partial charge on any atom is 0.244 e. The molecule has 20 heavy (non-hydrogen) atoms. The third-order valence-corrected chi connectivity index (χ3v) is 3.69. The van der Waals surface area contributed by atoms with E-state index in [1.54, 1.807) is 25.3 Å². The summed E-state index contributed by atoms with van der Waals surface area (Å²) in [5, 5.41) is 8.05. The Balaban J connectivity index is 1.91. The summed E-state index contributed by atoms with van der Waals surface area (Å²) in [5.74, 6) is 1.81. The van der Waals surface area contributed by atoms with Gasteiger partial charge in [0, 0.05) is 5.02 Å². The Bertz CT molecular complexity index is 594. The van der Waals surface area contributed by atoms with Gasteiger partial charge in [0.15, 0.2) is 0 Å². The molecule has 2 heterocycles. The Labute approximate surface area is 122 Å². The highest BCUT2D eigenvalue weighted by Crippen LogP contribution is 2.32. The van der Waals surface area contributed by atoms with Crippen molar-refractivity contribution in [2.45, 2.75) is 25.3 Å². The Morgan fingerprint density at radius 1 is 1.40 bits per heavy atom. The second-order valence-corrected chi connectivity index (χ2v) is 5.24. The summed E-state index contributed by atoms with van der Waals surface area (Å²) >= 11 is 6.03. The van der Waals surface area contributed by atoms with Crippen molar-refractivity contribution in [2.24, 2.45) is 0 Å². The number of nitrogens with zero attached hydrogens (tertiary/aromatic N) is 2. The molecule has 1 fully saturated rings. The number of methoxy groups -OCH3 is 1. The number of rotatable bonds is 3. The average Bonchev–Trinajstić information content (AvgIpc) is 2.98. The highest BCUT2D eigenvalue weighted by atomic mass is 35.5. The van der Waals surface area contributed by atoms with Crippen molar-refractivity contribution in [1.29, 1.82) is 0 Å². The lowest BCUT2D eigenvalue weighted by Crippen LogP contribution is -2.26. The van der Waals surface area contributed by atoms with E-state index < -0.39 is 0 Å². The first-order chi connectivity index (χ1) is 9.78. The molecule has 106 valence electrons. The van der Waals surface area contributed by atoms with Gasteiger partial charge in [0.05, 0.1) is 18.7 Å². The summed E-state index contributed by atoms with van der Waals surface area (Å²) in [6.07, 6.45) is 3.39. The lowest BCUT2D eigenvalue weighted by Gasteiger charge is -2.19. The molecule has 1 atom stereocenters. The van der Waals surface area contributed by atoms with Crippen molar-refractivity contribution in [2.75, 3.05) is 13.7 Å². The molecule has 0 aliphatic carbocycles. The van der Waals surface area contributed by atoms with E-state index in [4.69, 9.17) is 20.9 Å². The average molecular weight is 294 g/mol. The summed E-state index contributed by atoms with van der Waals surface area (Å²) in [4.78, 5) is 4.47. The van der Waals surface area contributed by atoms with E-state index in [0.717, 1.165) is 18.5 Å². The fourth-order valence-corrected chi connectivity index (χ4v) is 2.58. The monoisotopic (exact) mass is 293 g/mol. The standard InChI is InChI=1S/C14H16ClN3O2/c1-19-12-6-5-9(15)8-10(12)13-17-14(20-18-13)11-4-2-3-7-16-11/h5-6,8,11,16H,2-4,7H2,1H3. The molecule has 1 aromatic carbocycles. The van der Waals surface area contributed by atoms with Gasteiger partial charge in [-0.15, -0.1) is 0 Å². The van der Waals surface area contributed by atoms with E-state index >= 15 is 0 Å². The minimum Gasteiger partial charge on any atom is -0.496 e. The van der Waals surface area contributed by atoms with Crippen LogP contribution in [0.1, 0.15) is 31.2 Å². The molecule has 1 unspecified atom stereocenters. The zero-order chi connectivity index (χ0) is 13.9. The largest absolute Gasteiger partial charge is 0.496 e. The van der Waals surface area contributed by atoms with Gasteiger partial charge in [-0.3, -0.25) is 0 Å². The van der Waals surface area contributed by atoms with Crippen molar-refractivity contribution in [3.63, 3.8) is 0 Å². The van der Waals surface area contributed by atoms with Gasteiger partial charge in [-0.1, -0.05) is 23.2 Å².